The maximum absolute atomic E-state index is 10.6. The number of carbonyl (C=O) groups is 1. The first-order valence-electron chi connectivity index (χ1n) is 6.20. The number of benzene rings is 1. The summed E-state index contributed by atoms with van der Waals surface area (Å²) in [7, 11) is 0. The van der Waals surface area contributed by atoms with Crippen LogP contribution in [-0.2, 0) is 11.2 Å². The SMILES string of the molecule is CCN(CCCCc1ccccc1)CC(=O)O. The summed E-state index contributed by atoms with van der Waals surface area (Å²) in [4.78, 5) is 12.5. The molecule has 1 aromatic rings. The van der Waals surface area contributed by atoms with Crippen molar-refractivity contribution < 1.29 is 9.90 Å². The van der Waals surface area contributed by atoms with Gasteiger partial charge in [-0.05, 0) is 37.9 Å². The smallest absolute Gasteiger partial charge is 0.317 e. The van der Waals surface area contributed by atoms with E-state index >= 15 is 0 Å². The highest BCUT2D eigenvalue weighted by atomic mass is 16.4. The quantitative estimate of drug-likeness (QED) is 0.703. The number of aliphatic carboxylic acids is 1. The van der Waals surface area contributed by atoms with Crippen molar-refractivity contribution >= 4 is 5.97 Å². The lowest BCUT2D eigenvalue weighted by Crippen LogP contribution is -2.30. The Morgan fingerprint density at radius 3 is 2.53 bits per heavy atom. The van der Waals surface area contributed by atoms with Crippen LogP contribution in [0.5, 0.6) is 0 Å². The van der Waals surface area contributed by atoms with Gasteiger partial charge < -0.3 is 5.11 Å². The maximum atomic E-state index is 10.6. The Morgan fingerprint density at radius 2 is 1.94 bits per heavy atom. The summed E-state index contributed by atoms with van der Waals surface area (Å²) >= 11 is 0. The molecule has 0 heterocycles. The fourth-order valence-corrected chi connectivity index (χ4v) is 1.85. The lowest BCUT2D eigenvalue weighted by molar-refractivity contribution is -0.138. The van der Waals surface area contributed by atoms with Crippen molar-refractivity contribution in [2.75, 3.05) is 19.6 Å². The van der Waals surface area contributed by atoms with E-state index in [4.69, 9.17) is 5.11 Å². The lowest BCUT2D eigenvalue weighted by atomic mass is 10.1. The number of carboxylic acid groups (broad SMARTS) is 1. The molecular formula is C14H21NO2. The first kappa shape index (κ1) is 13.7. The van der Waals surface area contributed by atoms with Crippen LogP contribution in [0, 0.1) is 0 Å². The highest BCUT2D eigenvalue weighted by Crippen LogP contribution is 2.05. The molecule has 1 N–H and O–H groups in total. The molecule has 0 radical (unpaired) electrons. The number of hydrogen-bond acceptors (Lipinski definition) is 2. The lowest BCUT2D eigenvalue weighted by Gasteiger charge is -2.17. The summed E-state index contributed by atoms with van der Waals surface area (Å²) in [6.07, 6.45) is 3.24. The summed E-state index contributed by atoms with van der Waals surface area (Å²) in [5.41, 5.74) is 1.36. The van der Waals surface area contributed by atoms with Crippen LogP contribution in [0.3, 0.4) is 0 Å². The second-order valence-corrected chi connectivity index (χ2v) is 4.21. The molecule has 0 aliphatic heterocycles. The molecule has 0 unspecified atom stereocenters. The van der Waals surface area contributed by atoms with Gasteiger partial charge in [0.25, 0.3) is 0 Å². The zero-order valence-electron chi connectivity index (χ0n) is 10.4. The third-order valence-electron chi connectivity index (χ3n) is 2.84. The first-order chi connectivity index (χ1) is 8.22. The van der Waals surface area contributed by atoms with Crippen molar-refractivity contribution in [2.45, 2.75) is 26.2 Å². The highest BCUT2D eigenvalue weighted by Gasteiger charge is 2.06. The van der Waals surface area contributed by atoms with Gasteiger partial charge in [0, 0.05) is 0 Å². The Balaban J connectivity index is 2.16. The van der Waals surface area contributed by atoms with Gasteiger partial charge in [0.05, 0.1) is 6.54 Å². The van der Waals surface area contributed by atoms with E-state index in [-0.39, 0.29) is 6.54 Å². The summed E-state index contributed by atoms with van der Waals surface area (Å²) in [6, 6.07) is 10.4. The van der Waals surface area contributed by atoms with E-state index in [1.165, 1.54) is 5.56 Å². The van der Waals surface area contributed by atoms with Gasteiger partial charge in [-0.15, -0.1) is 0 Å². The second kappa shape index (κ2) is 7.85. The third-order valence-corrected chi connectivity index (χ3v) is 2.84. The Hall–Kier alpha value is -1.35. The molecule has 0 aromatic heterocycles. The molecule has 0 spiro atoms. The van der Waals surface area contributed by atoms with Gasteiger partial charge in [-0.25, -0.2) is 0 Å². The normalized spacial score (nSPS) is 10.7. The molecular weight excluding hydrogens is 214 g/mol. The minimum Gasteiger partial charge on any atom is -0.480 e. The van der Waals surface area contributed by atoms with Crippen LogP contribution >= 0.6 is 0 Å². The molecule has 0 aliphatic rings. The van der Waals surface area contributed by atoms with Crippen molar-refractivity contribution in [1.29, 1.82) is 0 Å². The number of nitrogens with zero attached hydrogens (tertiary/aromatic N) is 1. The van der Waals surface area contributed by atoms with Gasteiger partial charge in [-0.1, -0.05) is 37.3 Å². The average Bonchev–Trinajstić information content (AvgIpc) is 2.34. The van der Waals surface area contributed by atoms with Gasteiger partial charge in [0.15, 0.2) is 0 Å². The fourth-order valence-electron chi connectivity index (χ4n) is 1.85. The van der Waals surface area contributed by atoms with Crippen LogP contribution in [-0.4, -0.2) is 35.6 Å². The third kappa shape index (κ3) is 6.07. The number of aryl methyl sites for hydroxylation is 1. The van der Waals surface area contributed by atoms with Crippen molar-refractivity contribution in [2.24, 2.45) is 0 Å². The number of likely N-dealkylation sites (N-methyl/N-ethyl adjacent to an activating group) is 1. The number of unbranched alkanes of at least 4 members (excludes halogenated alkanes) is 1. The Labute approximate surface area is 103 Å². The monoisotopic (exact) mass is 235 g/mol. The molecule has 1 rings (SSSR count). The van der Waals surface area contributed by atoms with Gasteiger partial charge in [0.2, 0.25) is 0 Å². The van der Waals surface area contributed by atoms with Crippen LogP contribution in [0.4, 0.5) is 0 Å². The van der Waals surface area contributed by atoms with Crippen LogP contribution in [0.25, 0.3) is 0 Å². The van der Waals surface area contributed by atoms with Gasteiger partial charge in [0.1, 0.15) is 0 Å². The van der Waals surface area contributed by atoms with Crippen molar-refractivity contribution in [3.63, 3.8) is 0 Å². The Morgan fingerprint density at radius 1 is 1.24 bits per heavy atom. The summed E-state index contributed by atoms with van der Waals surface area (Å²) in [6.45, 7) is 3.83. The van der Waals surface area contributed by atoms with Crippen LogP contribution in [0.1, 0.15) is 25.3 Å². The predicted octanol–water partition coefficient (Wildman–Crippen LogP) is 2.42. The first-order valence-corrected chi connectivity index (χ1v) is 6.20. The topological polar surface area (TPSA) is 40.5 Å². The molecule has 1 aromatic carbocycles. The van der Waals surface area contributed by atoms with Gasteiger partial charge in [-0.2, -0.15) is 0 Å². The molecule has 94 valence electrons. The van der Waals surface area contributed by atoms with E-state index in [0.717, 1.165) is 32.4 Å². The van der Waals surface area contributed by atoms with E-state index in [9.17, 15) is 4.79 Å². The summed E-state index contributed by atoms with van der Waals surface area (Å²) in [5.74, 6) is -0.741. The Bertz CT molecular complexity index is 324. The van der Waals surface area contributed by atoms with E-state index in [1.54, 1.807) is 0 Å². The molecule has 3 heteroatoms. The largest absolute Gasteiger partial charge is 0.480 e. The molecule has 0 saturated carbocycles. The van der Waals surface area contributed by atoms with Crippen molar-refractivity contribution in [3.05, 3.63) is 35.9 Å². The molecule has 17 heavy (non-hydrogen) atoms. The molecule has 0 fully saturated rings. The number of carboxylic acids is 1. The number of hydrogen-bond donors (Lipinski definition) is 1. The zero-order chi connectivity index (χ0) is 12.5. The fraction of sp³-hybridized carbons (Fsp3) is 0.500. The predicted molar refractivity (Wildman–Crippen MR) is 69.1 cm³/mol. The molecule has 0 amide bonds. The van der Waals surface area contributed by atoms with E-state index < -0.39 is 5.97 Å². The van der Waals surface area contributed by atoms with Crippen LogP contribution in [0.2, 0.25) is 0 Å². The average molecular weight is 235 g/mol. The molecule has 0 aliphatic carbocycles. The Kier molecular flexibility index (Phi) is 6.33. The minimum absolute atomic E-state index is 0.155. The maximum Gasteiger partial charge on any atom is 0.317 e. The molecule has 3 nitrogen and oxygen atoms in total. The van der Waals surface area contributed by atoms with Crippen molar-refractivity contribution in [3.8, 4) is 0 Å². The molecule has 0 saturated heterocycles. The van der Waals surface area contributed by atoms with Crippen LogP contribution < -0.4 is 0 Å². The van der Waals surface area contributed by atoms with Crippen LogP contribution in [0.15, 0.2) is 30.3 Å². The highest BCUT2D eigenvalue weighted by molar-refractivity contribution is 5.69. The standard InChI is InChI=1S/C14H21NO2/c1-2-15(12-14(16)17)11-7-6-10-13-8-4-3-5-9-13/h3-5,8-9H,2,6-7,10-12H2,1H3,(H,16,17). The van der Waals surface area contributed by atoms with E-state index in [1.807, 2.05) is 17.9 Å². The summed E-state index contributed by atoms with van der Waals surface area (Å²) < 4.78 is 0. The van der Waals surface area contributed by atoms with E-state index in [2.05, 4.69) is 24.3 Å². The minimum atomic E-state index is -0.741. The summed E-state index contributed by atoms with van der Waals surface area (Å²) in [5, 5.41) is 8.71. The van der Waals surface area contributed by atoms with Gasteiger partial charge in [-0.3, -0.25) is 9.69 Å². The zero-order valence-corrected chi connectivity index (χ0v) is 10.4. The molecule has 0 bridgehead atoms. The molecule has 0 atom stereocenters. The number of rotatable bonds is 8. The van der Waals surface area contributed by atoms with Crippen molar-refractivity contribution in [1.82, 2.24) is 4.90 Å². The second-order valence-electron chi connectivity index (χ2n) is 4.21. The van der Waals surface area contributed by atoms with Gasteiger partial charge >= 0.3 is 5.97 Å². The van der Waals surface area contributed by atoms with E-state index in [0.29, 0.717) is 0 Å².